The van der Waals surface area contributed by atoms with Crippen LogP contribution in [0.2, 0.25) is 0 Å². The molecule has 136 valence electrons. The maximum atomic E-state index is 9.83. The van der Waals surface area contributed by atoms with E-state index in [0.717, 1.165) is 55.7 Å². The molecule has 2 fully saturated rings. The second-order valence-corrected chi connectivity index (χ2v) is 8.33. The molecule has 2 atom stereocenters. The lowest BCUT2D eigenvalue weighted by Crippen LogP contribution is -2.36. The van der Waals surface area contributed by atoms with Crippen molar-refractivity contribution in [3.05, 3.63) is 5.01 Å². The zero-order valence-corrected chi connectivity index (χ0v) is 15.8. The highest BCUT2D eigenvalue weighted by Crippen LogP contribution is 2.31. The molecule has 0 aliphatic carbocycles. The molecule has 1 aromatic heterocycles. The minimum absolute atomic E-state index is 0.273. The number of likely N-dealkylation sites (N-methyl/N-ethyl adjacent to an activating group) is 1. The smallest absolute Gasteiger partial charge is 0.208 e. The van der Waals surface area contributed by atoms with Gasteiger partial charge in [0, 0.05) is 51.7 Å². The van der Waals surface area contributed by atoms with Gasteiger partial charge in [0.05, 0.1) is 0 Å². The van der Waals surface area contributed by atoms with Crippen molar-refractivity contribution < 1.29 is 5.11 Å². The van der Waals surface area contributed by atoms with Crippen LogP contribution in [0.15, 0.2) is 0 Å². The minimum Gasteiger partial charge on any atom is -0.396 e. The first-order chi connectivity index (χ1) is 11.7. The van der Waals surface area contributed by atoms with Crippen LogP contribution in [0, 0.1) is 11.8 Å². The van der Waals surface area contributed by atoms with Crippen molar-refractivity contribution in [2.75, 3.05) is 64.4 Å². The van der Waals surface area contributed by atoms with Gasteiger partial charge < -0.3 is 19.8 Å². The number of aliphatic hydroxyl groups excluding tert-OH is 1. The van der Waals surface area contributed by atoms with E-state index in [1.54, 1.807) is 11.3 Å². The van der Waals surface area contributed by atoms with Gasteiger partial charge in [-0.15, -0.1) is 10.2 Å². The molecule has 2 aliphatic heterocycles. The normalized spacial score (nSPS) is 26.9. The molecule has 6 nitrogen and oxygen atoms in total. The summed E-state index contributed by atoms with van der Waals surface area (Å²) in [5.74, 6) is 0.876. The summed E-state index contributed by atoms with van der Waals surface area (Å²) in [5.41, 5.74) is 0. The first-order valence-electron chi connectivity index (χ1n) is 9.28. The fourth-order valence-electron chi connectivity index (χ4n) is 3.81. The quantitative estimate of drug-likeness (QED) is 0.829. The van der Waals surface area contributed by atoms with Crippen LogP contribution < -0.4 is 4.90 Å². The summed E-state index contributed by atoms with van der Waals surface area (Å²) >= 11 is 1.72. The zero-order valence-electron chi connectivity index (χ0n) is 15.0. The number of nitrogens with zero attached hydrogens (tertiary/aromatic N) is 5. The summed E-state index contributed by atoms with van der Waals surface area (Å²) in [6, 6.07) is 0. The molecule has 0 spiro atoms. The van der Waals surface area contributed by atoms with E-state index in [4.69, 9.17) is 0 Å². The van der Waals surface area contributed by atoms with Gasteiger partial charge in [0.1, 0.15) is 5.01 Å². The molecular weight excluding hydrogens is 322 g/mol. The predicted octanol–water partition coefficient (Wildman–Crippen LogP) is 1.17. The van der Waals surface area contributed by atoms with E-state index in [2.05, 4.69) is 38.9 Å². The monoisotopic (exact) mass is 353 g/mol. The minimum atomic E-state index is 0.273. The molecule has 1 aromatic rings. The maximum Gasteiger partial charge on any atom is 0.208 e. The molecule has 3 rings (SSSR count). The summed E-state index contributed by atoms with van der Waals surface area (Å²) in [4.78, 5) is 7.34. The van der Waals surface area contributed by atoms with Gasteiger partial charge in [-0.05, 0) is 38.9 Å². The van der Waals surface area contributed by atoms with E-state index in [1.165, 1.54) is 19.5 Å². The van der Waals surface area contributed by atoms with Crippen molar-refractivity contribution in [3.63, 3.8) is 0 Å². The Morgan fingerprint density at radius 1 is 1.12 bits per heavy atom. The molecule has 1 N–H and O–H groups in total. The number of rotatable bonds is 6. The Labute approximate surface area is 149 Å². The summed E-state index contributed by atoms with van der Waals surface area (Å²) in [7, 11) is 2.21. The second kappa shape index (κ2) is 8.56. The van der Waals surface area contributed by atoms with Crippen molar-refractivity contribution in [3.8, 4) is 0 Å². The number of anilines is 1. The lowest BCUT2D eigenvalue weighted by Gasteiger charge is -2.26. The van der Waals surface area contributed by atoms with Crippen molar-refractivity contribution >= 4 is 16.5 Å². The van der Waals surface area contributed by atoms with Crippen LogP contribution in [-0.2, 0) is 6.42 Å². The number of hydrogen-bond acceptors (Lipinski definition) is 7. The number of aromatic nitrogens is 2. The Kier molecular flexibility index (Phi) is 6.43. The van der Waals surface area contributed by atoms with Gasteiger partial charge in [0.15, 0.2) is 0 Å². The first-order valence-corrected chi connectivity index (χ1v) is 10.1. The highest BCUT2D eigenvalue weighted by Gasteiger charge is 2.35. The van der Waals surface area contributed by atoms with Crippen LogP contribution in [0.3, 0.4) is 0 Å². The second-order valence-electron chi connectivity index (χ2n) is 7.29. The molecule has 0 radical (unpaired) electrons. The molecule has 3 heterocycles. The highest BCUT2D eigenvalue weighted by atomic mass is 32.1. The third-order valence-electron chi connectivity index (χ3n) is 5.31. The highest BCUT2D eigenvalue weighted by molar-refractivity contribution is 7.15. The Bertz CT molecular complexity index is 511. The summed E-state index contributed by atoms with van der Waals surface area (Å²) < 4.78 is 0. The van der Waals surface area contributed by atoms with Gasteiger partial charge in [-0.3, -0.25) is 0 Å². The lowest BCUT2D eigenvalue weighted by molar-refractivity contribution is 0.165. The molecule has 2 saturated heterocycles. The maximum absolute atomic E-state index is 9.83. The Hall–Kier alpha value is -0.760. The molecule has 0 saturated carbocycles. The van der Waals surface area contributed by atoms with Crippen molar-refractivity contribution in [2.45, 2.75) is 26.2 Å². The standard InChI is InChI=1S/C17H31N5OS/c1-3-5-16-18-19-17(24-16)22-11-14(15(12-22)13-23)10-21-7-4-6-20(2)8-9-21/h14-15,23H,3-13H2,1-2H3/t14-,15-/m1/s1. The zero-order chi connectivity index (χ0) is 16.9. The molecule has 0 aromatic carbocycles. The molecule has 24 heavy (non-hydrogen) atoms. The first kappa shape index (κ1) is 18.0. The van der Waals surface area contributed by atoms with Crippen LogP contribution in [0.1, 0.15) is 24.8 Å². The summed E-state index contributed by atoms with van der Waals surface area (Å²) in [6.07, 6.45) is 3.37. The van der Waals surface area contributed by atoms with Crippen LogP contribution in [0.4, 0.5) is 5.13 Å². The van der Waals surface area contributed by atoms with E-state index in [-0.39, 0.29) is 6.61 Å². The third kappa shape index (κ3) is 4.45. The van der Waals surface area contributed by atoms with Crippen LogP contribution in [0.5, 0.6) is 0 Å². The average molecular weight is 354 g/mol. The van der Waals surface area contributed by atoms with E-state index < -0.39 is 0 Å². The summed E-state index contributed by atoms with van der Waals surface area (Å²) in [5, 5.41) is 20.7. The fraction of sp³-hybridized carbons (Fsp3) is 0.882. The van der Waals surface area contributed by atoms with Gasteiger partial charge in [-0.1, -0.05) is 18.3 Å². The van der Waals surface area contributed by atoms with Gasteiger partial charge in [0.2, 0.25) is 5.13 Å². The Balaban J connectivity index is 1.59. The topological polar surface area (TPSA) is 55.7 Å². The molecule has 0 unspecified atom stereocenters. The van der Waals surface area contributed by atoms with E-state index in [9.17, 15) is 5.11 Å². The van der Waals surface area contributed by atoms with Crippen LogP contribution in [0.25, 0.3) is 0 Å². The van der Waals surface area contributed by atoms with Gasteiger partial charge in [0.25, 0.3) is 0 Å². The average Bonchev–Trinajstić information content (AvgIpc) is 3.14. The largest absolute Gasteiger partial charge is 0.396 e. The van der Waals surface area contributed by atoms with Crippen molar-refractivity contribution in [1.29, 1.82) is 0 Å². The van der Waals surface area contributed by atoms with Crippen molar-refractivity contribution in [1.82, 2.24) is 20.0 Å². The van der Waals surface area contributed by atoms with Crippen LogP contribution in [-0.4, -0.2) is 84.6 Å². The van der Waals surface area contributed by atoms with E-state index >= 15 is 0 Å². The van der Waals surface area contributed by atoms with Gasteiger partial charge in [-0.25, -0.2) is 0 Å². The number of aliphatic hydroxyl groups is 1. The number of aryl methyl sites for hydroxylation is 1. The summed E-state index contributed by atoms with van der Waals surface area (Å²) in [6.45, 7) is 10.1. The molecular formula is C17H31N5OS. The SMILES string of the molecule is CCCc1nnc(N2C[C@@H](CN3CCCN(C)CC3)[C@@H](CO)C2)s1. The third-order valence-corrected chi connectivity index (χ3v) is 6.35. The molecule has 2 aliphatic rings. The number of hydrogen-bond donors (Lipinski definition) is 1. The van der Waals surface area contributed by atoms with Gasteiger partial charge in [-0.2, -0.15) is 0 Å². The van der Waals surface area contributed by atoms with Crippen LogP contribution >= 0.6 is 11.3 Å². The molecule has 0 amide bonds. The van der Waals surface area contributed by atoms with Crippen molar-refractivity contribution in [2.24, 2.45) is 11.8 Å². The predicted molar refractivity (Wildman–Crippen MR) is 98.7 cm³/mol. The fourth-order valence-corrected chi connectivity index (χ4v) is 4.77. The molecule has 7 heteroatoms. The van der Waals surface area contributed by atoms with Gasteiger partial charge >= 0.3 is 0 Å². The van der Waals surface area contributed by atoms with E-state index in [0.29, 0.717) is 11.8 Å². The van der Waals surface area contributed by atoms with E-state index in [1.807, 2.05) is 0 Å². The lowest BCUT2D eigenvalue weighted by atomic mass is 9.96. The Morgan fingerprint density at radius 2 is 1.96 bits per heavy atom. The Morgan fingerprint density at radius 3 is 2.75 bits per heavy atom. The molecule has 0 bridgehead atoms.